The van der Waals surface area contributed by atoms with Gasteiger partial charge in [-0.3, -0.25) is 4.79 Å². The van der Waals surface area contributed by atoms with E-state index in [4.69, 9.17) is 18.9 Å². The minimum atomic E-state index is -0.766. The largest absolute Gasteiger partial charge is 0.493 e. The van der Waals surface area contributed by atoms with Crippen LogP contribution in [0.2, 0.25) is 0 Å². The van der Waals surface area contributed by atoms with Crippen molar-refractivity contribution in [3.8, 4) is 17.2 Å². The van der Waals surface area contributed by atoms with Gasteiger partial charge in [-0.05, 0) is 83.7 Å². The number of nitrogens with one attached hydrogen (secondary N) is 3. The van der Waals surface area contributed by atoms with E-state index in [2.05, 4.69) is 37.1 Å². The number of nitrogens with zero attached hydrogens (tertiary/aromatic N) is 1. The molecule has 0 radical (unpaired) electrons. The van der Waals surface area contributed by atoms with Gasteiger partial charge in [0.15, 0.2) is 18.1 Å². The Hall–Kier alpha value is -4.84. The topological polar surface area (TPSA) is 137 Å². The van der Waals surface area contributed by atoms with Crippen molar-refractivity contribution in [2.75, 3.05) is 20.3 Å². The van der Waals surface area contributed by atoms with Gasteiger partial charge in [-0.2, -0.15) is 5.10 Å². The van der Waals surface area contributed by atoms with Crippen molar-refractivity contribution in [1.82, 2.24) is 16.1 Å². The average Bonchev–Trinajstić information content (AvgIpc) is 3.00. The number of aryl methyl sites for hydroxylation is 1. The van der Waals surface area contributed by atoms with E-state index >= 15 is 0 Å². The predicted octanol–water partition coefficient (Wildman–Crippen LogP) is 5.07. The van der Waals surface area contributed by atoms with E-state index in [1.54, 1.807) is 32.0 Å². The van der Waals surface area contributed by atoms with E-state index in [1.165, 1.54) is 18.9 Å². The number of methoxy groups -OCH3 is 1. The summed E-state index contributed by atoms with van der Waals surface area (Å²) in [7, 11) is 1.45. The van der Waals surface area contributed by atoms with Crippen LogP contribution in [0.1, 0.15) is 42.1 Å². The molecule has 0 bridgehead atoms. The first-order valence-corrected chi connectivity index (χ1v) is 14.5. The third-order valence-corrected chi connectivity index (χ3v) is 7.14. The highest BCUT2D eigenvalue weighted by Gasteiger charge is 2.32. The number of amides is 3. The van der Waals surface area contributed by atoms with E-state index in [0.717, 1.165) is 15.6 Å². The number of benzene rings is 3. The number of halogens is 1. The Morgan fingerprint density at radius 1 is 1.00 bits per heavy atom. The molecule has 3 aromatic rings. The number of allylic oxidation sites excluding steroid dienone is 1. The third kappa shape index (κ3) is 8.38. The van der Waals surface area contributed by atoms with Gasteiger partial charge in [0.2, 0.25) is 0 Å². The molecule has 1 heterocycles. The zero-order chi connectivity index (χ0) is 31.6. The predicted molar refractivity (Wildman–Crippen MR) is 168 cm³/mol. The summed E-state index contributed by atoms with van der Waals surface area (Å²) in [6.07, 6.45) is 1.51. The maximum atomic E-state index is 12.6. The van der Waals surface area contributed by atoms with E-state index in [-0.39, 0.29) is 18.8 Å². The van der Waals surface area contributed by atoms with Crippen LogP contribution >= 0.6 is 15.9 Å². The highest BCUT2D eigenvalue weighted by atomic mass is 79.9. The molecule has 1 atom stereocenters. The molecule has 0 saturated heterocycles. The molecule has 3 N–H and O–H groups in total. The van der Waals surface area contributed by atoms with Crippen LogP contribution in [0.5, 0.6) is 17.2 Å². The molecular formula is C32H33BrN4O7. The Kier molecular flexibility index (Phi) is 11.0. The number of carbonyl (C=O) groups excluding carboxylic acids is 3. The minimum Gasteiger partial charge on any atom is -0.493 e. The van der Waals surface area contributed by atoms with Gasteiger partial charge in [0.1, 0.15) is 12.4 Å². The quantitative estimate of drug-likeness (QED) is 0.140. The molecular weight excluding hydrogens is 632 g/mol. The summed E-state index contributed by atoms with van der Waals surface area (Å²) in [6, 6.07) is 17.3. The maximum Gasteiger partial charge on any atom is 0.338 e. The van der Waals surface area contributed by atoms with Crippen LogP contribution in [0.3, 0.4) is 0 Å². The zero-order valence-electron chi connectivity index (χ0n) is 24.7. The van der Waals surface area contributed by atoms with Crippen LogP contribution in [0, 0.1) is 6.92 Å². The van der Waals surface area contributed by atoms with Crippen molar-refractivity contribution in [3.63, 3.8) is 0 Å². The van der Waals surface area contributed by atoms with Crippen LogP contribution in [-0.2, 0) is 20.9 Å². The average molecular weight is 666 g/mol. The lowest BCUT2D eigenvalue weighted by atomic mass is 9.95. The number of urea groups is 1. The number of rotatable bonds is 12. The lowest BCUT2D eigenvalue weighted by Gasteiger charge is -2.28. The summed E-state index contributed by atoms with van der Waals surface area (Å²) in [5, 5.41) is 9.34. The van der Waals surface area contributed by atoms with Crippen LogP contribution in [0.4, 0.5) is 4.79 Å². The summed E-state index contributed by atoms with van der Waals surface area (Å²) in [5.41, 5.74) is 6.67. The molecule has 3 amide bonds. The monoisotopic (exact) mass is 664 g/mol. The van der Waals surface area contributed by atoms with Crippen molar-refractivity contribution in [3.05, 3.63) is 98.7 Å². The van der Waals surface area contributed by atoms with Gasteiger partial charge in [0, 0.05) is 5.70 Å². The number of esters is 1. The summed E-state index contributed by atoms with van der Waals surface area (Å²) in [5.74, 6) is 0.249. The minimum absolute atomic E-state index is 0.187. The molecule has 1 aliphatic rings. The Morgan fingerprint density at radius 2 is 1.75 bits per heavy atom. The molecule has 0 fully saturated rings. The van der Waals surface area contributed by atoms with Crippen molar-refractivity contribution in [2.24, 2.45) is 5.10 Å². The molecule has 12 heteroatoms. The molecule has 1 aliphatic heterocycles. The Bertz CT molecular complexity index is 1590. The highest BCUT2D eigenvalue weighted by molar-refractivity contribution is 9.10. The van der Waals surface area contributed by atoms with Crippen LogP contribution < -0.4 is 30.3 Å². The van der Waals surface area contributed by atoms with Gasteiger partial charge in [0.05, 0.1) is 36.0 Å². The van der Waals surface area contributed by atoms with E-state index in [0.29, 0.717) is 35.1 Å². The van der Waals surface area contributed by atoms with Crippen LogP contribution in [0.25, 0.3) is 0 Å². The lowest BCUT2D eigenvalue weighted by molar-refractivity contribution is -0.139. The van der Waals surface area contributed by atoms with Gasteiger partial charge in [-0.1, -0.05) is 35.9 Å². The van der Waals surface area contributed by atoms with Crippen molar-refractivity contribution >= 4 is 40.1 Å². The second-order valence-electron chi connectivity index (χ2n) is 9.75. The standard InChI is InChI=1S/C32H33BrN4O7/c1-5-42-31(39)29-20(3)35-32(40)36-30(29)23-11-13-26(27(15-23)41-4)44-18-28(38)37-34-16-22-10-12-25(24(33)14-22)43-17-21-8-6-19(2)7-9-21/h6-16,30H,5,17-18H2,1-4H3,(H,37,38)(H2,35,36,40)/b34-16-/t30-/m1/s1. The number of hydrogen-bond donors (Lipinski definition) is 3. The molecule has 0 spiro atoms. The second-order valence-corrected chi connectivity index (χ2v) is 10.6. The molecule has 44 heavy (non-hydrogen) atoms. The first kappa shape index (κ1) is 32.1. The number of hydrazone groups is 1. The molecule has 0 unspecified atom stereocenters. The van der Waals surface area contributed by atoms with E-state index in [1.807, 2.05) is 49.4 Å². The first-order valence-electron chi connectivity index (χ1n) is 13.7. The number of carbonyl (C=O) groups is 3. The van der Waals surface area contributed by atoms with Gasteiger partial charge in [-0.25, -0.2) is 15.0 Å². The first-order chi connectivity index (χ1) is 21.2. The molecule has 230 valence electrons. The van der Waals surface area contributed by atoms with Gasteiger partial charge < -0.3 is 29.6 Å². The molecule has 3 aromatic carbocycles. The SMILES string of the molecule is CCOC(=O)C1=C(C)NC(=O)N[C@@H]1c1ccc(OCC(=O)N/N=C\c2ccc(OCc3ccc(C)cc3)c(Br)c2)c(OC)c1. The van der Waals surface area contributed by atoms with Crippen molar-refractivity contribution in [2.45, 2.75) is 33.4 Å². The van der Waals surface area contributed by atoms with Crippen LogP contribution in [0.15, 0.2) is 81.5 Å². The van der Waals surface area contributed by atoms with E-state index < -0.39 is 23.9 Å². The fourth-order valence-corrected chi connectivity index (χ4v) is 4.83. The zero-order valence-corrected chi connectivity index (χ0v) is 26.3. The molecule has 0 aromatic heterocycles. The Labute approximate surface area is 263 Å². The van der Waals surface area contributed by atoms with Crippen molar-refractivity contribution in [1.29, 1.82) is 0 Å². The maximum absolute atomic E-state index is 12.6. The van der Waals surface area contributed by atoms with Crippen LogP contribution in [-0.4, -0.2) is 44.4 Å². The molecule has 4 rings (SSSR count). The van der Waals surface area contributed by atoms with Gasteiger partial charge in [0.25, 0.3) is 5.91 Å². The molecule has 11 nitrogen and oxygen atoms in total. The summed E-state index contributed by atoms with van der Waals surface area (Å²) in [4.78, 5) is 37.1. The smallest absolute Gasteiger partial charge is 0.338 e. The molecule has 0 aliphatic carbocycles. The second kappa shape index (κ2) is 15.1. The van der Waals surface area contributed by atoms with Gasteiger partial charge in [-0.15, -0.1) is 0 Å². The fraction of sp³-hybridized carbons (Fsp3) is 0.250. The summed E-state index contributed by atoms with van der Waals surface area (Å²) < 4.78 is 22.9. The highest BCUT2D eigenvalue weighted by Crippen LogP contribution is 2.34. The third-order valence-electron chi connectivity index (χ3n) is 6.52. The van der Waals surface area contributed by atoms with E-state index in [9.17, 15) is 14.4 Å². The molecule has 0 saturated carbocycles. The lowest BCUT2D eigenvalue weighted by Crippen LogP contribution is -2.45. The Morgan fingerprint density at radius 3 is 2.45 bits per heavy atom. The van der Waals surface area contributed by atoms with Crippen molar-refractivity contribution < 1.29 is 33.3 Å². The normalized spacial score (nSPS) is 14.5. The van der Waals surface area contributed by atoms with Gasteiger partial charge >= 0.3 is 12.0 Å². The number of hydrogen-bond acceptors (Lipinski definition) is 8. The number of ether oxygens (including phenoxy) is 4. The summed E-state index contributed by atoms with van der Waals surface area (Å²) in [6.45, 7) is 5.66. The summed E-state index contributed by atoms with van der Waals surface area (Å²) >= 11 is 3.52. The fourth-order valence-electron chi connectivity index (χ4n) is 4.32. The Balaban J connectivity index is 1.33.